The van der Waals surface area contributed by atoms with E-state index in [0.29, 0.717) is 23.5 Å². The molecule has 0 fully saturated rings. The van der Waals surface area contributed by atoms with Crippen molar-refractivity contribution >= 4 is 27.2 Å². The molecular weight excluding hydrogens is 475 g/mol. The number of carbonyl (C=O) groups excluding carboxylic acids is 1. The van der Waals surface area contributed by atoms with E-state index in [1.54, 1.807) is 24.7 Å². The Labute approximate surface area is 194 Å². The van der Waals surface area contributed by atoms with E-state index in [4.69, 9.17) is 5.73 Å². The molecule has 0 saturated heterocycles. The van der Waals surface area contributed by atoms with Gasteiger partial charge in [0.15, 0.2) is 0 Å². The normalized spacial score (nSPS) is 13.5. The second-order valence-corrected chi connectivity index (χ2v) is 10.3. The van der Waals surface area contributed by atoms with Crippen molar-refractivity contribution in [2.45, 2.75) is 51.5 Å². The second-order valence-electron chi connectivity index (χ2n) is 8.52. The van der Waals surface area contributed by atoms with Crippen molar-refractivity contribution < 1.29 is 30.6 Å². The lowest BCUT2D eigenvalue weighted by atomic mass is 10.0. The Hall–Kier alpha value is -3.09. The highest BCUT2D eigenvalue weighted by Gasteiger charge is 2.33. The third-order valence-corrected chi connectivity index (χ3v) is 7.11. The number of hydrogen-bond acceptors (Lipinski definition) is 6. The summed E-state index contributed by atoms with van der Waals surface area (Å²) < 4.78 is 72.3. The predicted octanol–water partition coefficient (Wildman–Crippen LogP) is 3.86. The third-order valence-electron chi connectivity index (χ3n) is 5.50. The smallest absolute Gasteiger partial charge is 0.334 e. The van der Waals surface area contributed by atoms with Crippen molar-refractivity contribution in [3.05, 3.63) is 41.3 Å². The van der Waals surface area contributed by atoms with E-state index in [-0.39, 0.29) is 29.8 Å². The molecule has 3 aromatic rings. The van der Waals surface area contributed by atoms with Gasteiger partial charge in [-0.15, -0.1) is 0 Å². The highest BCUT2D eigenvalue weighted by Crippen LogP contribution is 2.32. The standard InChI is InChI=1S/C21H26F3N5O4S/c1-12(2)5-6-16(34(31,32)33-20(25)30)10-17-13(3)27-28(4)19(17)29-8-7-14-9-15(21(22,23)24)11-26-18(14)29/h7-9,11-12,16H,5-6,10H2,1-4H3,(H2,25,30). The molecule has 3 rings (SSSR count). The summed E-state index contributed by atoms with van der Waals surface area (Å²) in [5, 5.41) is 3.56. The van der Waals surface area contributed by atoms with Gasteiger partial charge in [-0.3, -0.25) is 9.25 Å². The van der Waals surface area contributed by atoms with Crippen molar-refractivity contribution in [2.75, 3.05) is 0 Å². The van der Waals surface area contributed by atoms with E-state index < -0.39 is 33.2 Å². The van der Waals surface area contributed by atoms with Gasteiger partial charge in [0.05, 0.1) is 11.3 Å². The number of alkyl halides is 3. The number of halogens is 3. The van der Waals surface area contributed by atoms with Gasteiger partial charge >= 0.3 is 22.4 Å². The minimum Gasteiger partial charge on any atom is -0.334 e. The Balaban J connectivity index is 2.09. The number of nitrogens with zero attached hydrogens (tertiary/aromatic N) is 4. The van der Waals surface area contributed by atoms with Gasteiger partial charge in [0, 0.05) is 30.4 Å². The summed E-state index contributed by atoms with van der Waals surface area (Å²) in [6.07, 6.45) is -2.93. The molecule has 1 atom stereocenters. The molecule has 9 nitrogen and oxygen atoms in total. The van der Waals surface area contributed by atoms with Gasteiger partial charge in [-0.25, -0.2) is 9.78 Å². The van der Waals surface area contributed by atoms with Crippen LogP contribution in [-0.4, -0.2) is 39.1 Å². The fourth-order valence-electron chi connectivity index (χ4n) is 3.86. The van der Waals surface area contributed by atoms with Gasteiger partial charge in [0.2, 0.25) is 0 Å². The summed E-state index contributed by atoms with van der Waals surface area (Å²) in [6.45, 7) is 5.57. The maximum atomic E-state index is 13.1. The molecule has 0 aliphatic heterocycles. The summed E-state index contributed by atoms with van der Waals surface area (Å²) in [4.78, 5) is 15.2. The fraction of sp³-hybridized carbons (Fsp3) is 0.476. The summed E-state index contributed by atoms with van der Waals surface area (Å²) >= 11 is 0. The molecular formula is C21H26F3N5O4S. The molecule has 3 heterocycles. The Morgan fingerprint density at radius 1 is 1.26 bits per heavy atom. The van der Waals surface area contributed by atoms with Gasteiger partial charge in [-0.05, 0) is 44.2 Å². The molecule has 13 heteroatoms. The molecule has 2 N–H and O–H groups in total. The summed E-state index contributed by atoms with van der Waals surface area (Å²) in [7, 11) is -2.70. The van der Waals surface area contributed by atoms with Gasteiger partial charge in [-0.1, -0.05) is 13.8 Å². The van der Waals surface area contributed by atoms with Gasteiger partial charge in [0.25, 0.3) is 0 Å². The minimum atomic E-state index is -4.53. The van der Waals surface area contributed by atoms with Gasteiger partial charge in [0.1, 0.15) is 16.7 Å². The SMILES string of the molecule is Cc1nn(C)c(-n2ccc3cc(C(F)(F)F)cnc32)c1CC(CCC(C)C)S(=O)(=O)OC(N)=O. The van der Waals surface area contributed by atoms with Crippen molar-refractivity contribution in [3.63, 3.8) is 0 Å². The first-order valence-electron chi connectivity index (χ1n) is 10.5. The lowest BCUT2D eigenvalue weighted by Gasteiger charge is -2.18. The molecule has 0 saturated carbocycles. The largest absolute Gasteiger partial charge is 0.420 e. The van der Waals surface area contributed by atoms with Crippen LogP contribution in [-0.2, 0) is 33.9 Å². The molecule has 3 aromatic heterocycles. The molecule has 0 radical (unpaired) electrons. The summed E-state index contributed by atoms with van der Waals surface area (Å²) in [5.41, 5.74) is 5.40. The van der Waals surface area contributed by atoms with Gasteiger partial charge < -0.3 is 9.92 Å². The second kappa shape index (κ2) is 9.28. The van der Waals surface area contributed by atoms with Crippen LogP contribution in [0.4, 0.5) is 18.0 Å². The average Bonchev–Trinajstić information content (AvgIpc) is 3.22. The monoisotopic (exact) mass is 501 g/mol. The molecule has 186 valence electrons. The fourth-order valence-corrected chi connectivity index (χ4v) is 5.02. The zero-order valence-electron chi connectivity index (χ0n) is 19.1. The van der Waals surface area contributed by atoms with Crippen LogP contribution in [0.15, 0.2) is 24.5 Å². The van der Waals surface area contributed by atoms with Crippen molar-refractivity contribution in [1.82, 2.24) is 19.3 Å². The van der Waals surface area contributed by atoms with E-state index in [2.05, 4.69) is 14.3 Å². The van der Waals surface area contributed by atoms with Crippen molar-refractivity contribution in [1.29, 1.82) is 0 Å². The van der Waals surface area contributed by atoms with E-state index in [1.165, 1.54) is 10.7 Å². The molecule has 0 aliphatic carbocycles. The Kier molecular flexibility index (Phi) is 6.97. The lowest BCUT2D eigenvalue weighted by molar-refractivity contribution is -0.137. The average molecular weight is 502 g/mol. The first-order valence-corrected chi connectivity index (χ1v) is 12.0. The van der Waals surface area contributed by atoms with E-state index in [1.807, 2.05) is 13.8 Å². The lowest BCUT2D eigenvalue weighted by Crippen LogP contribution is -2.31. The van der Waals surface area contributed by atoms with E-state index in [9.17, 15) is 26.4 Å². The number of carbonyl (C=O) groups is 1. The number of pyridine rings is 1. The predicted molar refractivity (Wildman–Crippen MR) is 119 cm³/mol. The molecule has 1 unspecified atom stereocenters. The van der Waals surface area contributed by atoms with Crippen LogP contribution in [0, 0.1) is 12.8 Å². The summed E-state index contributed by atoms with van der Waals surface area (Å²) in [5.74, 6) is 0.643. The van der Waals surface area contributed by atoms with Gasteiger partial charge in [-0.2, -0.15) is 26.7 Å². The van der Waals surface area contributed by atoms with Crippen LogP contribution >= 0.6 is 0 Å². The number of rotatable bonds is 8. The minimum absolute atomic E-state index is 0.0440. The number of fused-ring (bicyclic) bond motifs is 1. The van der Waals surface area contributed by atoms with Crippen molar-refractivity contribution in [3.8, 4) is 5.82 Å². The molecule has 0 spiro atoms. The number of amides is 1. The third kappa shape index (κ3) is 5.34. The maximum Gasteiger partial charge on any atom is 0.420 e. The molecule has 0 aliphatic rings. The topological polar surface area (TPSA) is 122 Å². The summed E-state index contributed by atoms with van der Waals surface area (Å²) in [6, 6.07) is 2.49. The number of primary amides is 1. The zero-order chi connectivity index (χ0) is 25.4. The number of nitrogens with two attached hydrogens (primary N) is 1. The molecule has 0 aromatic carbocycles. The van der Waals surface area contributed by atoms with Crippen LogP contribution < -0.4 is 5.73 Å². The maximum absolute atomic E-state index is 13.1. The highest BCUT2D eigenvalue weighted by molar-refractivity contribution is 7.87. The molecule has 34 heavy (non-hydrogen) atoms. The van der Waals surface area contributed by atoms with Crippen molar-refractivity contribution in [2.24, 2.45) is 18.7 Å². The van der Waals surface area contributed by atoms with Crippen LogP contribution in [0.5, 0.6) is 0 Å². The first kappa shape index (κ1) is 25.5. The van der Waals surface area contributed by atoms with Crippen LogP contribution in [0.2, 0.25) is 0 Å². The first-order chi connectivity index (χ1) is 15.7. The zero-order valence-corrected chi connectivity index (χ0v) is 19.9. The van der Waals surface area contributed by atoms with E-state index >= 15 is 0 Å². The molecule has 0 bridgehead atoms. The molecule has 1 amide bonds. The van der Waals surface area contributed by atoms with E-state index in [0.717, 1.165) is 12.3 Å². The number of hydrogen-bond donors (Lipinski definition) is 1. The quantitative estimate of drug-likeness (QED) is 0.468. The Morgan fingerprint density at radius 3 is 2.53 bits per heavy atom. The Morgan fingerprint density at radius 2 is 1.94 bits per heavy atom. The number of aromatic nitrogens is 4. The van der Waals surface area contributed by atoms with Crippen LogP contribution in [0.3, 0.4) is 0 Å². The van der Waals surface area contributed by atoms with Crippen LogP contribution in [0.1, 0.15) is 43.5 Å². The highest BCUT2D eigenvalue weighted by atomic mass is 32.2. The number of aryl methyl sites for hydroxylation is 2. The van der Waals surface area contributed by atoms with Crippen LogP contribution in [0.25, 0.3) is 16.9 Å². The Bertz CT molecular complexity index is 1310.